The number of methoxy groups -OCH3 is 1. The van der Waals surface area contributed by atoms with Gasteiger partial charge in [-0.05, 0) is 43.3 Å². The molecule has 1 atom stereocenters. The largest absolute Gasteiger partial charge is 0.497 e. The van der Waals surface area contributed by atoms with Crippen LogP contribution in [0.4, 0.5) is 0 Å². The van der Waals surface area contributed by atoms with E-state index in [0.717, 1.165) is 5.56 Å². The van der Waals surface area contributed by atoms with Gasteiger partial charge in [0.15, 0.2) is 17.6 Å². The van der Waals surface area contributed by atoms with Crippen molar-refractivity contribution in [2.75, 3.05) is 20.3 Å². The van der Waals surface area contributed by atoms with Gasteiger partial charge in [0, 0.05) is 16.7 Å². The van der Waals surface area contributed by atoms with Gasteiger partial charge < -0.3 is 19.5 Å². The Labute approximate surface area is 205 Å². The van der Waals surface area contributed by atoms with Crippen LogP contribution in [-0.2, 0) is 4.79 Å². The quantitative estimate of drug-likeness (QED) is 0.345. The number of nitrogens with one attached hydrogen (secondary N) is 1. The van der Waals surface area contributed by atoms with Crippen molar-refractivity contribution in [1.29, 1.82) is 0 Å². The van der Waals surface area contributed by atoms with Gasteiger partial charge in [0.2, 0.25) is 5.88 Å². The van der Waals surface area contributed by atoms with E-state index in [1.54, 1.807) is 48.9 Å². The van der Waals surface area contributed by atoms with Crippen molar-refractivity contribution < 1.29 is 19.0 Å². The zero-order chi connectivity index (χ0) is 24.1. The Bertz CT molecular complexity index is 1310. The lowest BCUT2D eigenvalue weighted by molar-refractivity contribution is -0.127. The Hall–Kier alpha value is -3.56. The van der Waals surface area contributed by atoms with Crippen LogP contribution in [0.1, 0.15) is 6.92 Å². The minimum atomic E-state index is -0.754. The maximum atomic E-state index is 12.3. The van der Waals surface area contributed by atoms with E-state index in [1.165, 1.54) is 0 Å². The van der Waals surface area contributed by atoms with E-state index in [4.69, 9.17) is 37.4 Å². The first-order chi connectivity index (χ1) is 16.4. The highest BCUT2D eigenvalue weighted by molar-refractivity contribution is 6.35. The lowest BCUT2D eigenvalue weighted by Crippen LogP contribution is -2.38. The summed E-state index contributed by atoms with van der Waals surface area (Å²) in [6, 6.07) is 15.7. The molecule has 0 saturated heterocycles. The van der Waals surface area contributed by atoms with Crippen LogP contribution in [-0.4, -0.2) is 52.1 Å². The second kappa shape index (κ2) is 10.6. The monoisotopic (exact) mass is 501 g/mol. The van der Waals surface area contributed by atoms with Crippen molar-refractivity contribution in [3.05, 3.63) is 64.6 Å². The Morgan fingerprint density at radius 2 is 1.97 bits per heavy atom. The van der Waals surface area contributed by atoms with Gasteiger partial charge in [-0.2, -0.15) is 4.52 Å². The van der Waals surface area contributed by atoms with Gasteiger partial charge in [-0.3, -0.25) is 4.79 Å². The number of ether oxygens (including phenoxy) is 3. The lowest BCUT2D eigenvalue weighted by atomic mass is 10.2. The number of halogens is 2. The Balaban J connectivity index is 1.33. The Kier molecular flexibility index (Phi) is 7.34. The fourth-order valence-corrected chi connectivity index (χ4v) is 3.53. The molecule has 0 aliphatic rings. The summed E-state index contributed by atoms with van der Waals surface area (Å²) in [4.78, 5) is 12.3. The van der Waals surface area contributed by atoms with E-state index in [2.05, 4.69) is 20.6 Å². The molecule has 0 aliphatic heterocycles. The van der Waals surface area contributed by atoms with Crippen LogP contribution >= 0.6 is 23.2 Å². The van der Waals surface area contributed by atoms with Crippen molar-refractivity contribution >= 4 is 34.8 Å². The standard InChI is InChI=1S/C23H21Cl2N5O4/c1-14(34-19-7-6-16(24)13-18(19)25)23(31)26-10-11-33-21-9-8-20-27-28-22(30(20)29-21)15-4-3-5-17(12-15)32-2/h3-9,12-14H,10-11H2,1-2H3,(H,26,31). The third-order valence-corrected chi connectivity index (χ3v) is 5.31. The normalized spacial score (nSPS) is 11.8. The molecule has 0 radical (unpaired) electrons. The van der Waals surface area contributed by atoms with Crippen LogP contribution in [0, 0.1) is 0 Å². The van der Waals surface area contributed by atoms with Crippen molar-refractivity contribution in [3.63, 3.8) is 0 Å². The fraction of sp³-hybridized carbons (Fsp3) is 0.217. The maximum absolute atomic E-state index is 12.3. The molecule has 1 N–H and O–H groups in total. The molecule has 0 saturated carbocycles. The molecular formula is C23H21Cl2N5O4. The fourth-order valence-electron chi connectivity index (χ4n) is 3.08. The van der Waals surface area contributed by atoms with Gasteiger partial charge in [0.05, 0.1) is 18.7 Å². The highest BCUT2D eigenvalue weighted by atomic mass is 35.5. The number of aromatic nitrogens is 4. The van der Waals surface area contributed by atoms with Gasteiger partial charge in [0.1, 0.15) is 18.1 Å². The molecule has 1 unspecified atom stereocenters. The molecule has 2 aromatic heterocycles. The summed E-state index contributed by atoms with van der Waals surface area (Å²) in [5, 5.41) is 16.4. The molecule has 11 heteroatoms. The van der Waals surface area contributed by atoms with Crippen LogP contribution in [0.5, 0.6) is 17.4 Å². The van der Waals surface area contributed by atoms with Crippen molar-refractivity contribution in [2.24, 2.45) is 0 Å². The molecule has 1 amide bonds. The topological polar surface area (TPSA) is 99.9 Å². The molecule has 176 valence electrons. The third kappa shape index (κ3) is 5.49. The van der Waals surface area contributed by atoms with Gasteiger partial charge in [-0.25, -0.2) is 0 Å². The number of hydrogen-bond acceptors (Lipinski definition) is 7. The number of rotatable bonds is 9. The summed E-state index contributed by atoms with van der Waals surface area (Å²) in [5.74, 6) is 1.69. The van der Waals surface area contributed by atoms with Crippen molar-refractivity contribution in [3.8, 4) is 28.8 Å². The van der Waals surface area contributed by atoms with E-state index in [0.29, 0.717) is 38.9 Å². The SMILES string of the molecule is COc1cccc(-c2nnc3ccc(OCCNC(=O)C(C)Oc4ccc(Cl)cc4Cl)nn23)c1. The van der Waals surface area contributed by atoms with E-state index in [-0.39, 0.29) is 19.1 Å². The molecule has 4 rings (SSSR count). The Morgan fingerprint density at radius 3 is 2.76 bits per heavy atom. The van der Waals surface area contributed by atoms with Crippen LogP contribution in [0.3, 0.4) is 0 Å². The molecular weight excluding hydrogens is 481 g/mol. The number of benzene rings is 2. The van der Waals surface area contributed by atoms with Crippen LogP contribution in [0.2, 0.25) is 10.0 Å². The zero-order valence-corrected chi connectivity index (χ0v) is 19.9. The molecule has 0 bridgehead atoms. The number of carbonyl (C=O) groups is 1. The summed E-state index contributed by atoms with van der Waals surface area (Å²) in [6.07, 6.45) is -0.754. The summed E-state index contributed by atoms with van der Waals surface area (Å²) < 4.78 is 18.2. The number of fused-ring (bicyclic) bond motifs is 1. The van der Waals surface area contributed by atoms with Crippen molar-refractivity contribution in [1.82, 2.24) is 25.1 Å². The number of hydrogen-bond donors (Lipinski definition) is 1. The molecule has 34 heavy (non-hydrogen) atoms. The highest BCUT2D eigenvalue weighted by Crippen LogP contribution is 2.28. The molecule has 2 heterocycles. The Morgan fingerprint density at radius 1 is 1.12 bits per heavy atom. The molecule has 4 aromatic rings. The smallest absolute Gasteiger partial charge is 0.260 e. The predicted molar refractivity (Wildman–Crippen MR) is 128 cm³/mol. The minimum Gasteiger partial charge on any atom is -0.497 e. The summed E-state index contributed by atoms with van der Waals surface area (Å²) in [7, 11) is 1.60. The maximum Gasteiger partial charge on any atom is 0.260 e. The number of amides is 1. The summed E-state index contributed by atoms with van der Waals surface area (Å²) >= 11 is 12.0. The van der Waals surface area contributed by atoms with Gasteiger partial charge in [0.25, 0.3) is 5.91 Å². The summed E-state index contributed by atoms with van der Waals surface area (Å²) in [6.45, 7) is 2.09. The van der Waals surface area contributed by atoms with Gasteiger partial charge in [-0.15, -0.1) is 15.3 Å². The first-order valence-corrected chi connectivity index (χ1v) is 11.1. The van der Waals surface area contributed by atoms with Crippen molar-refractivity contribution in [2.45, 2.75) is 13.0 Å². The number of nitrogens with zero attached hydrogens (tertiary/aromatic N) is 4. The van der Waals surface area contributed by atoms with Gasteiger partial charge >= 0.3 is 0 Å². The summed E-state index contributed by atoms with van der Waals surface area (Å²) in [5.41, 5.74) is 1.38. The first kappa shape index (κ1) is 23.6. The average molecular weight is 502 g/mol. The van der Waals surface area contributed by atoms with Gasteiger partial charge in [-0.1, -0.05) is 35.3 Å². The van der Waals surface area contributed by atoms with Crippen LogP contribution in [0.25, 0.3) is 17.0 Å². The first-order valence-electron chi connectivity index (χ1n) is 10.3. The molecule has 0 spiro atoms. The molecule has 0 aliphatic carbocycles. The molecule has 2 aromatic carbocycles. The van der Waals surface area contributed by atoms with Crippen LogP contribution < -0.4 is 19.5 Å². The second-order valence-corrected chi connectivity index (χ2v) is 8.02. The number of carbonyl (C=O) groups excluding carboxylic acids is 1. The third-order valence-electron chi connectivity index (χ3n) is 4.78. The van der Waals surface area contributed by atoms with E-state index < -0.39 is 6.10 Å². The molecule has 0 fully saturated rings. The van der Waals surface area contributed by atoms with E-state index >= 15 is 0 Å². The second-order valence-electron chi connectivity index (χ2n) is 7.17. The van der Waals surface area contributed by atoms with E-state index in [1.807, 2.05) is 24.3 Å². The lowest BCUT2D eigenvalue weighted by Gasteiger charge is -2.16. The minimum absolute atomic E-state index is 0.204. The average Bonchev–Trinajstić information content (AvgIpc) is 3.26. The highest BCUT2D eigenvalue weighted by Gasteiger charge is 2.16. The molecule has 9 nitrogen and oxygen atoms in total. The zero-order valence-electron chi connectivity index (χ0n) is 18.4. The van der Waals surface area contributed by atoms with E-state index in [9.17, 15) is 4.79 Å². The van der Waals surface area contributed by atoms with Crippen LogP contribution in [0.15, 0.2) is 54.6 Å². The predicted octanol–water partition coefficient (Wildman–Crippen LogP) is 4.07.